The Hall–Kier alpha value is -2.37. The van der Waals surface area contributed by atoms with Crippen molar-refractivity contribution in [1.82, 2.24) is 15.2 Å². The highest BCUT2D eigenvalue weighted by Crippen LogP contribution is 2.42. The van der Waals surface area contributed by atoms with E-state index in [9.17, 15) is 8.78 Å². The molecular weight excluding hydrogens is 310 g/mol. The van der Waals surface area contributed by atoms with Crippen LogP contribution in [-0.4, -0.2) is 29.7 Å². The van der Waals surface area contributed by atoms with Crippen molar-refractivity contribution in [2.24, 2.45) is 4.99 Å². The van der Waals surface area contributed by atoms with E-state index in [1.165, 1.54) is 18.2 Å². The first-order valence-corrected chi connectivity index (χ1v) is 8.28. The minimum atomic E-state index is -0.473. The molecule has 1 aromatic carbocycles. The molecule has 0 spiro atoms. The van der Waals surface area contributed by atoms with Gasteiger partial charge in [-0.3, -0.25) is 4.99 Å². The maximum Gasteiger partial charge on any atom is 0.191 e. The van der Waals surface area contributed by atoms with E-state index in [0.717, 1.165) is 13.1 Å². The number of benzene rings is 1. The predicted molar refractivity (Wildman–Crippen MR) is 91.1 cm³/mol. The molecule has 0 bridgehead atoms. The number of aliphatic imine (C=N–C) groups is 1. The monoisotopic (exact) mass is 332 g/mol. The van der Waals surface area contributed by atoms with Crippen molar-refractivity contribution < 1.29 is 8.78 Å². The summed E-state index contributed by atoms with van der Waals surface area (Å²) in [5.74, 6) is -0.397. The maximum atomic E-state index is 13.8. The van der Waals surface area contributed by atoms with Gasteiger partial charge < -0.3 is 15.2 Å². The van der Waals surface area contributed by atoms with Crippen LogP contribution in [0, 0.1) is 11.6 Å². The second kappa shape index (κ2) is 7.47. The van der Waals surface area contributed by atoms with E-state index in [-0.39, 0.29) is 17.5 Å². The van der Waals surface area contributed by atoms with Crippen LogP contribution < -0.4 is 10.6 Å². The molecule has 1 aliphatic carbocycles. The third kappa shape index (κ3) is 3.93. The minimum Gasteiger partial charge on any atom is -0.357 e. The van der Waals surface area contributed by atoms with Crippen LogP contribution in [-0.2, 0) is 6.54 Å². The van der Waals surface area contributed by atoms with Gasteiger partial charge in [0, 0.05) is 43.0 Å². The highest BCUT2D eigenvalue weighted by molar-refractivity contribution is 5.80. The van der Waals surface area contributed by atoms with Gasteiger partial charge in [-0.15, -0.1) is 0 Å². The Morgan fingerprint density at radius 3 is 2.58 bits per heavy atom. The maximum absolute atomic E-state index is 13.8. The molecule has 2 N–H and O–H groups in total. The third-order valence-corrected chi connectivity index (χ3v) is 4.12. The number of nitrogens with one attached hydrogen (secondary N) is 2. The topological polar surface area (TPSA) is 41.4 Å². The van der Waals surface area contributed by atoms with Crippen LogP contribution >= 0.6 is 0 Å². The zero-order valence-corrected chi connectivity index (χ0v) is 13.7. The van der Waals surface area contributed by atoms with Crippen LogP contribution in [0.25, 0.3) is 0 Å². The molecular formula is C18H22F2N4. The van der Waals surface area contributed by atoms with Gasteiger partial charge in [-0.1, -0.05) is 6.07 Å². The standard InChI is InChI=1S/C18H22F2N4/c1-2-21-18(22-8-11-24-9-3-4-10-24)23-16-12-13(16)17-14(19)6-5-7-15(17)20/h3-7,9-10,13,16H,2,8,11-12H2,1H3,(H2,21,22,23). The van der Waals surface area contributed by atoms with Crippen LogP contribution in [0.5, 0.6) is 0 Å². The van der Waals surface area contributed by atoms with Crippen LogP contribution in [0.4, 0.5) is 8.78 Å². The summed E-state index contributed by atoms with van der Waals surface area (Å²) in [6.07, 6.45) is 4.70. The van der Waals surface area contributed by atoms with Gasteiger partial charge in [-0.25, -0.2) is 8.78 Å². The quantitative estimate of drug-likeness (QED) is 0.631. The first-order valence-electron chi connectivity index (χ1n) is 8.28. The normalized spacial score (nSPS) is 20.0. The van der Waals surface area contributed by atoms with E-state index < -0.39 is 11.6 Å². The first-order chi connectivity index (χ1) is 11.7. The van der Waals surface area contributed by atoms with Gasteiger partial charge in [-0.2, -0.15) is 0 Å². The van der Waals surface area contributed by atoms with Crippen molar-refractivity contribution in [1.29, 1.82) is 0 Å². The average molecular weight is 332 g/mol. The highest BCUT2D eigenvalue weighted by Gasteiger charge is 2.42. The molecule has 2 unspecified atom stereocenters. The van der Waals surface area contributed by atoms with Crippen molar-refractivity contribution in [3.63, 3.8) is 0 Å². The minimum absolute atomic E-state index is 0.0146. The molecule has 0 saturated heterocycles. The molecule has 3 rings (SSSR count). The first kappa shape index (κ1) is 16.5. The molecule has 1 fully saturated rings. The number of aromatic nitrogens is 1. The smallest absolute Gasteiger partial charge is 0.191 e. The van der Waals surface area contributed by atoms with Crippen molar-refractivity contribution >= 4 is 5.96 Å². The van der Waals surface area contributed by atoms with E-state index in [1.807, 2.05) is 31.5 Å². The molecule has 2 aromatic rings. The largest absolute Gasteiger partial charge is 0.357 e. The Morgan fingerprint density at radius 2 is 1.92 bits per heavy atom. The number of hydrogen-bond donors (Lipinski definition) is 2. The molecule has 24 heavy (non-hydrogen) atoms. The fourth-order valence-corrected chi connectivity index (χ4v) is 2.83. The van der Waals surface area contributed by atoms with E-state index in [4.69, 9.17) is 0 Å². The number of nitrogens with zero attached hydrogens (tertiary/aromatic N) is 2. The number of guanidine groups is 1. The fraction of sp³-hybridized carbons (Fsp3) is 0.389. The Morgan fingerprint density at radius 1 is 1.21 bits per heavy atom. The summed E-state index contributed by atoms with van der Waals surface area (Å²) in [6.45, 7) is 4.15. The summed E-state index contributed by atoms with van der Waals surface area (Å²) in [4.78, 5) is 4.53. The molecule has 1 heterocycles. The van der Waals surface area contributed by atoms with Crippen molar-refractivity contribution in [2.45, 2.75) is 31.8 Å². The van der Waals surface area contributed by atoms with Gasteiger partial charge in [0.05, 0.1) is 6.54 Å². The van der Waals surface area contributed by atoms with Gasteiger partial charge in [0.1, 0.15) is 11.6 Å². The lowest BCUT2D eigenvalue weighted by Crippen LogP contribution is -2.39. The van der Waals surface area contributed by atoms with Gasteiger partial charge in [-0.05, 0) is 37.6 Å². The Balaban J connectivity index is 1.58. The molecule has 1 aliphatic rings. The number of halogens is 2. The van der Waals surface area contributed by atoms with Gasteiger partial charge >= 0.3 is 0 Å². The van der Waals surface area contributed by atoms with Crippen molar-refractivity contribution in [3.05, 3.63) is 59.9 Å². The number of rotatable bonds is 6. The zero-order chi connectivity index (χ0) is 16.9. The Labute approximate surface area is 140 Å². The summed E-state index contributed by atoms with van der Waals surface area (Å²) in [7, 11) is 0. The van der Waals surface area contributed by atoms with Gasteiger partial charge in [0.25, 0.3) is 0 Å². The molecule has 0 amide bonds. The molecule has 4 nitrogen and oxygen atoms in total. The zero-order valence-electron chi connectivity index (χ0n) is 13.7. The number of hydrogen-bond acceptors (Lipinski definition) is 1. The van der Waals surface area contributed by atoms with E-state index in [1.54, 1.807) is 0 Å². The molecule has 1 saturated carbocycles. The summed E-state index contributed by atoms with van der Waals surface area (Å²) in [6, 6.07) is 7.98. The van der Waals surface area contributed by atoms with Crippen LogP contribution in [0.2, 0.25) is 0 Å². The molecule has 2 atom stereocenters. The van der Waals surface area contributed by atoms with E-state index >= 15 is 0 Å². The van der Waals surface area contributed by atoms with Crippen LogP contribution in [0.1, 0.15) is 24.8 Å². The summed E-state index contributed by atoms with van der Waals surface area (Å²) in [5.41, 5.74) is 0.179. The molecule has 128 valence electrons. The molecule has 0 radical (unpaired) electrons. The SMILES string of the molecule is CCNC(=NCCn1cccc1)NC1CC1c1c(F)cccc1F. The fourth-order valence-electron chi connectivity index (χ4n) is 2.83. The van der Waals surface area contributed by atoms with Gasteiger partial charge in [0.2, 0.25) is 0 Å². The van der Waals surface area contributed by atoms with Crippen LogP contribution in [0.15, 0.2) is 47.7 Å². The second-order valence-electron chi connectivity index (χ2n) is 5.91. The molecule has 1 aromatic heterocycles. The third-order valence-electron chi connectivity index (χ3n) is 4.12. The van der Waals surface area contributed by atoms with Crippen molar-refractivity contribution in [3.8, 4) is 0 Å². The second-order valence-corrected chi connectivity index (χ2v) is 5.91. The summed E-state index contributed by atoms with van der Waals surface area (Å²) >= 11 is 0. The van der Waals surface area contributed by atoms with E-state index in [2.05, 4.69) is 20.2 Å². The predicted octanol–water partition coefficient (Wildman–Crippen LogP) is 2.88. The lowest BCUT2D eigenvalue weighted by atomic mass is 10.1. The van der Waals surface area contributed by atoms with E-state index in [0.29, 0.717) is 18.9 Å². The Bertz CT molecular complexity index is 677. The summed E-state index contributed by atoms with van der Waals surface area (Å²) in [5, 5.41) is 6.45. The Kier molecular flexibility index (Phi) is 5.13. The van der Waals surface area contributed by atoms with Gasteiger partial charge in [0.15, 0.2) is 5.96 Å². The summed E-state index contributed by atoms with van der Waals surface area (Å²) < 4.78 is 29.7. The lowest BCUT2D eigenvalue weighted by molar-refractivity contribution is 0.553. The van der Waals surface area contributed by atoms with Crippen molar-refractivity contribution in [2.75, 3.05) is 13.1 Å². The van der Waals surface area contributed by atoms with Crippen LogP contribution in [0.3, 0.4) is 0 Å². The average Bonchev–Trinajstić information content (AvgIpc) is 3.08. The lowest BCUT2D eigenvalue weighted by Gasteiger charge is -2.12. The molecule has 0 aliphatic heterocycles. The highest BCUT2D eigenvalue weighted by atomic mass is 19.1. The molecule has 6 heteroatoms.